The van der Waals surface area contributed by atoms with Gasteiger partial charge in [0.15, 0.2) is 6.29 Å². The lowest BCUT2D eigenvalue weighted by Crippen LogP contribution is -2.11. The number of benzene rings is 2. The molecule has 1 amide bonds. The number of anilines is 1. The van der Waals surface area contributed by atoms with Crippen LogP contribution in [0.1, 0.15) is 22.3 Å². The maximum Gasteiger partial charge on any atom is 0.260 e. The lowest BCUT2D eigenvalue weighted by Gasteiger charge is -2.10. The highest BCUT2D eigenvalue weighted by Crippen LogP contribution is 2.41. The van der Waals surface area contributed by atoms with Crippen molar-refractivity contribution in [1.82, 2.24) is 0 Å². The van der Waals surface area contributed by atoms with Crippen LogP contribution in [-0.4, -0.2) is 25.4 Å². The van der Waals surface area contributed by atoms with Gasteiger partial charge in [0.05, 0.1) is 18.8 Å². The van der Waals surface area contributed by atoms with Crippen LogP contribution in [0.4, 0.5) is 5.69 Å². The summed E-state index contributed by atoms with van der Waals surface area (Å²) in [5, 5.41) is 2.90. The van der Waals surface area contributed by atoms with Gasteiger partial charge in [-0.15, -0.1) is 0 Å². The Balaban J connectivity index is 1.52. The van der Waals surface area contributed by atoms with Gasteiger partial charge < -0.3 is 19.5 Å². The smallest absolute Gasteiger partial charge is 0.260 e. The van der Waals surface area contributed by atoms with Crippen LogP contribution in [0.15, 0.2) is 42.5 Å². The summed E-state index contributed by atoms with van der Waals surface area (Å²) in [7, 11) is 0. The van der Waals surface area contributed by atoms with Crippen molar-refractivity contribution in [1.29, 1.82) is 0 Å². The third kappa shape index (κ3) is 2.44. The molecular formula is C20H17NO4. The van der Waals surface area contributed by atoms with E-state index in [1.54, 1.807) is 0 Å². The van der Waals surface area contributed by atoms with E-state index in [1.165, 1.54) is 0 Å². The molecule has 0 unspecified atom stereocenters. The lowest BCUT2D eigenvalue weighted by atomic mass is 9.98. The molecule has 1 saturated heterocycles. The number of carbonyl (C=O) groups is 1. The zero-order valence-corrected chi connectivity index (χ0v) is 13.6. The van der Waals surface area contributed by atoms with E-state index in [-0.39, 0.29) is 12.2 Å². The molecule has 5 heteroatoms. The van der Waals surface area contributed by atoms with Gasteiger partial charge in [0, 0.05) is 28.8 Å². The number of amides is 1. The molecule has 0 atom stereocenters. The largest absolute Gasteiger partial charge is 0.487 e. The fourth-order valence-corrected chi connectivity index (χ4v) is 3.61. The number of rotatable bonds is 2. The number of fused-ring (bicyclic) bond motifs is 2. The minimum atomic E-state index is -0.161. The topological polar surface area (TPSA) is 56.8 Å². The zero-order valence-electron chi connectivity index (χ0n) is 13.6. The normalized spacial score (nSPS) is 21.8. The van der Waals surface area contributed by atoms with Crippen molar-refractivity contribution < 1.29 is 19.0 Å². The molecular weight excluding hydrogens is 318 g/mol. The number of ether oxygens (including phenoxy) is 3. The van der Waals surface area contributed by atoms with Crippen molar-refractivity contribution in [3.05, 3.63) is 64.7 Å². The Hall–Kier alpha value is -2.63. The van der Waals surface area contributed by atoms with Crippen LogP contribution in [0.2, 0.25) is 0 Å². The molecule has 1 fully saturated rings. The third-order valence-corrected chi connectivity index (χ3v) is 4.78. The summed E-state index contributed by atoms with van der Waals surface area (Å²) in [6, 6.07) is 13.9. The Morgan fingerprint density at radius 1 is 1.04 bits per heavy atom. The molecule has 2 aromatic rings. The molecule has 0 radical (unpaired) electrons. The molecule has 3 heterocycles. The summed E-state index contributed by atoms with van der Waals surface area (Å²) in [5.74, 6) is 0.554. The molecule has 5 nitrogen and oxygen atoms in total. The van der Waals surface area contributed by atoms with Gasteiger partial charge in [-0.1, -0.05) is 36.4 Å². The summed E-state index contributed by atoms with van der Waals surface area (Å²) in [6.07, 6.45) is 0.563. The highest BCUT2D eigenvalue weighted by atomic mass is 16.7. The van der Waals surface area contributed by atoms with E-state index in [0.29, 0.717) is 31.2 Å². The van der Waals surface area contributed by atoms with E-state index in [4.69, 9.17) is 14.2 Å². The molecule has 0 aliphatic carbocycles. The molecule has 25 heavy (non-hydrogen) atoms. The number of hydrogen-bond acceptors (Lipinski definition) is 4. The minimum absolute atomic E-state index is 0.110. The Morgan fingerprint density at radius 2 is 1.88 bits per heavy atom. The molecule has 0 saturated carbocycles. The van der Waals surface area contributed by atoms with E-state index in [1.807, 2.05) is 30.3 Å². The first-order chi connectivity index (χ1) is 12.3. The predicted octanol–water partition coefficient (Wildman–Crippen LogP) is 2.95. The first kappa shape index (κ1) is 14.7. The maximum atomic E-state index is 12.4. The van der Waals surface area contributed by atoms with Crippen molar-refractivity contribution in [2.75, 3.05) is 18.5 Å². The first-order valence-electron chi connectivity index (χ1n) is 8.43. The zero-order chi connectivity index (χ0) is 16.8. The SMILES string of the molecule is O=C1Nc2ccccc2/C1=C1\OCc2cc(CC3OCCO3)ccc21. The molecule has 126 valence electrons. The van der Waals surface area contributed by atoms with Crippen molar-refractivity contribution in [2.24, 2.45) is 0 Å². The van der Waals surface area contributed by atoms with Gasteiger partial charge in [-0.25, -0.2) is 0 Å². The quantitative estimate of drug-likeness (QED) is 0.858. The van der Waals surface area contributed by atoms with Crippen LogP contribution in [0, 0.1) is 0 Å². The van der Waals surface area contributed by atoms with E-state index in [9.17, 15) is 4.79 Å². The number of carbonyl (C=O) groups excluding carboxylic acids is 1. The van der Waals surface area contributed by atoms with Gasteiger partial charge in [0.2, 0.25) is 0 Å². The molecule has 2 aromatic carbocycles. The van der Waals surface area contributed by atoms with Crippen LogP contribution in [-0.2, 0) is 32.0 Å². The minimum Gasteiger partial charge on any atom is -0.487 e. The predicted molar refractivity (Wildman–Crippen MR) is 92.5 cm³/mol. The van der Waals surface area contributed by atoms with E-state index >= 15 is 0 Å². The monoisotopic (exact) mass is 335 g/mol. The fourth-order valence-electron chi connectivity index (χ4n) is 3.61. The van der Waals surface area contributed by atoms with Gasteiger partial charge >= 0.3 is 0 Å². The van der Waals surface area contributed by atoms with Crippen LogP contribution < -0.4 is 5.32 Å². The van der Waals surface area contributed by atoms with Gasteiger partial charge in [-0.05, 0) is 11.6 Å². The van der Waals surface area contributed by atoms with Crippen molar-refractivity contribution in [3.63, 3.8) is 0 Å². The second-order valence-corrected chi connectivity index (χ2v) is 6.36. The summed E-state index contributed by atoms with van der Waals surface area (Å²) in [5.41, 5.74) is 5.57. The van der Waals surface area contributed by atoms with Crippen molar-refractivity contribution in [2.45, 2.75) is 19.3 Å². The molecule has 3 aliphatic rings. The van der Waals surface area contributed by atoms with E-state index < -0.39 is 0 Å². The van der Waals surface area contributed by atoms with Crippen LogP contribution in [0.25, 0.3) is 11.3 Å². The maximum absolute atomic E-state index is 12.4. The Morgan fingerprint density at radius 3 is 2.76 bits per heavy atom. The van der Waals surface area contributed by atoms with Crippen LogP contribution >= 0.6 is 0 Å². The van der Waals surface area contributed by atoms with Crippen molar-refractivity contribution >= 4 is 22.9 Å². The van der Waals surface area contributed by atoms with E-state index in [2.05, 4.69) is 17.4 Å². The van der Waals surface area contributed by atoms with Gasteiger partial charge in [-0.3, -0.25) is 4.79 Å². The summed E-state index contributed by atoms with van der Waals surface area (Å²) >= 11 is 0. The molecule has 0 spiro atoms. The first-order valence-corrected chi connectivity index (χ1v) is 8.43. The number of para-hydroxylation sites is 1. The Labute approximate surface area is 145 Å². The van der Waals surface area contributed by atoms with Gasteiger partial charge in [-0.2, -0.15) is 0 Å². The van der Waals surface area contributed by atoms with Gasteiger partial charge in [0.25, 0.3) is 5.91 Å². The summed E-state index contributed by atoms with van der Waals surface area (Å²) in [4.78, 5) is 12.4. The highest BCUT2D eigenvalue weighted by molar-refractivity contribution is 6.36. The van der Waals surface area contributed by atoms with Crippen LogP contribution in [0.5, 0.6) is 0 Å². The molecule has 0 aromatic heterocycles. The summed E-state index contributed by atoms with van der Waals surface area (Å²) in [6.45, 7) is 1.79. The Bertz CT molecular complexity index is 896. The fraction of sp³-hybridized carbons (Fsp3) is 0.250. The molecule has 3 aliphatic heterocycles. The summed E-state index contributed by atoms with van der Waals surface area (Å²) < 4.78 is 16.9. The second kappa shape index (κ2) is 5.72. The van der Waals surface area contributed by atoms with E-state index in [0.717, 1.165) is 34.4 Å². The third-order valence-electron chi connectivity index (χ3n) is 4.78. The number of hydrogen-bond donors (Lipinski definition) is 1. The highest BCUT2D eigenvalue weighted by Gasteiger charge is 2.32. The van der Waals surface area contributed by atoms with Crippen LogP contribution in [0.3, 0.4) is 0 Å². The molecule has 5 rings (SSSR count). The average molecular weight is 335 g/mol. The number of nitrogens with one attached hydrogen (secondary N) is 1. The molecule has 1 N–H and O–H groups in total. The van der Waals surface area contributed by atoms with Gasteiger partial charge in [0.1, 0.15) is 12.4 Å². The van der Waals surface area contributed by atoms with Crippen molar-refractivity contribution in [3.8, 4) is 0 Å². The molecule has 0 bridgehead atoms. The second-order valence-electron chi connectivity index (χ2n) is 6.36. The standard InChI is InChI=1S/C20H17NO4/c22-20-18(15-3-1-2-4-16(15)21-20)19-14-6-5-12(9-13(14)11-25-19)10-17-23-7-8-24-17/h1-6,9,17H,7-8,10-11H2,(H,21,22)/b19-18+. The Kier molecular flexibility index (Phi) is 3.36. The lowest BCUT2D eigenvalue weighted by molar-refractivity contribution is -0.110. The average Bonchev–Trinajstić information content (AvgIpc) is 3.32.